The first kappa shape index (κ1) is 27.4. The summed E-state index contributed by atoms with van der Waals surface area (Å²) < 4.78 is 6.89. The molecule has 0 aliphatic rings. The van der Waals surface area contributed by atoms with Crippen LogP contribution in [0.1, 0.15) is 0 Å². The van der Waals surface area contributed by atoms with E-state index in [9.17, 15) is 0 Å². The van der Waals surface area contributed by atoms with Crippen molar-refractivity contribution in [1.29, 1.82) is 0 Å². The van der Waals surface area contributed by atoms with Crippen LogP contribution in [0.2, 0.25) is 0 Å². The Morgan fingerprint density at radius 1 is 0.347 bits per heavy atom. The zero-order chi connectivity index (χ0) is 32.3. The van der Waals surface area contributed by atoms with Crippen LogP contribution in [0.5, 0.6) is 0 Å². The second kappa shape index (κ2) is 10.9. The van der Waals surface area contributed by atoms with E-state index in [0.717, 1.165) is 39.8 Å². The lowest BCUT2D eigenvalue weighted by Gasteiger charge is -2.14. The Morgan fingerprint density at radius 2 is 0.878 bits per heavy atom. The molecule has 0 fully saturated rings. The largest absolute Gasteiger partial charge is 0.316 e. The molecule has 0 bridgehead atoms. The molecule has 0 radical (unpaired) electrons. The molecule has 3 heterocycles. The summed E-state index contributed by atoms with van der Waals surface area (Å²) in [4.78, 5) is 0. The average molecular weight is 628 g/mol. The summed E-state index contributed by atoms with van der Waals surface area (Å²) in [5, 5.41) is 15.5. The fourth-order valence-corrected chi connectivity index (χ4v) is 7.38. The van der Waals surface area contributed by atoms with Crippen molar-refractivity contribution >= 4 is 43.5 Å². The van der Waals surface area contributed by atoms with Gasteiger partial charge in [-0.3, -0.25) is 4.57 Å². The molecular weight excluding hydrogens is 599 g/mol. The Bertz CT molecular complexity index is 2730. The first-order valence-corrected chi connectivity index (χ1v) is 16.5. The monoisotopic (exact) mass is 627 g/mol. The van der Waals surface area contributed by atoms with Crippen LogP contribution in [0.25, 0.3) is 83.3 Å². The van der Waals surface area contributed by atoms with Crippen LogP contribution < -0.4 is 0 Å². The Labute approximate surface area is 282 Å². The minimum Gasteiger partial charge on any atom is -0.316 e. The molecule has 5 nitrogen and oxygen atoms in total. The van der Waals surface area contributed by atoms with Crippen molar-refractivity contribution in [3.8, 4) is 39.8 Å². The molecule has 230 valence electrons. The van der Waals surface area contributed by atoms with Crippen LogP contribution in [-0.2, 0) is 0 Å². The third-order valence-corrected chi connectivity index (χ3v) is 9.61. The average Bonchev–Trinajstić information content (AvgIpc) is 3.90. The summed E-state index contributed by atoms with van der Waals surface area (Å²) in [5.74, 6) is 1.61. The van der Waals surface area contributed by atoms with E-state index in [0.29, 0.717) is 0 Å². The number of hydrogen-bond acceptors (Lipinski definition) is 2. The van der Waals surface area contributed by atoms with Crippen LogP contribution in [-0.4, -0.2) is 23.9 Å². The fraction of sp³-hybridized carbons (Fsp3) is 0. The Kier molecular flexibility index (Phi) is 6.11. The number of rotatable bonds is 5. The highest BCUT2D eigenvalue weighted by Crippen LogP contribution is 2.41. The van der Waals surface area contributed by atoms with Crippen LogP contribution in [0.3, 0.4) is 0 Å². The molecule has 5 heteroatoms. The quantitative estimate of drug-likeness (QED) is 0.190. The lowest BCUT2D eigenvalue weighted by molar-refractivity contribution is 1.07. The highest BCUT2D eigenvalue weighted by molar-refractivity contribution is 6.23. The molecule has 0 aliphatic carbocycles. The summed E-state index contributed by atoms with van der Waals surface area (Å²) in [6.07, 6.45) is 2.19. The van der Waals surface area contributed by atoms with Crippen LogP contribution >= 0.6 is 0 Å². The summed E-state index contributed by atoms with van der Waals surface area (Å²) in [7, 11) is 0. The van der Waals surface area contributed by atoms with Gasteiger partial charge in [0.2, 0.25) is 0 Å². The van der Waals surface area contributed by atoms with E-state index >= 15 is 0 Å². The van der Waals surface area contributed by atoms with Crippen molar-refractivity contribution in [3.05, 3.63) is 176 Å². The van der Waals surface area contributed by atoms with Crippen LogP contribution in [0.15, 0.2) is 176 Å². The normalized spacial score (nSPS) is 11.7. The lowest BCUT2D eigenvalue weighted by atomic mass is 10.1. The van der Waals surface area contributed by atoms with Crippen molar-refractivity contribution < 1.29 is 0 Å². The summed E-state index contributed by atoms with van der Waals surface area (Å²) in [6.45, 7) is 0. The maximum atomic E-state index is 4.69. The molecule has 0 spiro atoms. The predicted octanol–water partition coefficient (Wildman–Crippen LogP) is 10.8. The molecule has 0 aliphatic heterocycles. The Morgan fingerprint density at radius 3 is 1.53 bits per heavy atom. The number of nitrogens with zero attached hydrogens (tertiary/aromatic N) is 5. The molecule has 0 N–H and O–H groups in total. The molecule has 0 unspecified atom stereocenters. The number of aromatic nitrogens is 5. The van der Waals surface area contributed by atoms with Gasteiger partial charge in [-0.15, -0.1) is 10.2 Å². The molecule has 49 heavy (non-hydrogen) atoms. The predicted molar refractivity (Wildman–Crippen MR) is 201 cm³/mol. The van der Waals surface area contributed by atoms with Gasteiger partial charge in [0, 0.05) is 55.9 Å². The van der Waals surface area contributed by atoms with Gasteiger partial charge in [0.25, 0.3) is 0 Å². The number of benzene rings is 7. The van der Waals surface area contributed by atoms with Crippen LogP contribution in [0, 0.1) is 0 Å². The molecule has 0 amide bonds. The lowest BCUT2D eigenvalue weighted by Crippen LogP contribution is -2.01. The van der Waals surface area contributed by atoms with Gasteiger partial charge in [-0.1, -0.05) is 121 Å². The molecule has 3 aromatic heterocycles. The highest BCUT2D eigenvalue weighted by Gasteiger charge is 2.21. The molecule has 10 aromatic rings. The van der Waals surface area contributed by atoms with Gasteiger partial charge in [-0.05, 0) is 53.9 Å². The van der Waals surface area contributed by atoms with Gasteiger partial charge < -0.3 is 9.13 Å². The van der Waals surface area contributed by atoms with Gasteiger partial charge >= 0.3 is 0 Å². The topological polar surface area (TPSA) is 40.6 Å². The molecule has 0 atom stereocenters. The summed E-state index contributed by atoms with van der Waals surface area (Å²) in [5.41, 5.74) is 8.85. The van der Waals surface area contributed by atoms with E-state index in [2.05, 4.69) is 153 Å². The van der Waals surface area contributed by atoms with E-state index in [1.54, 1.807) is 0 Å². The third kappa shape index (κ3) is 4.26. The van der Waals surface area contributed by atoms with Gasteiger partial charge in [0.1, 0.15) is 0 Å². The number of fused-ring (bicyclic) bond motifs is 7. The zero-order valence-corrected chi connectivity index (χ0v) is 26.5. The Balaban J connectivity index is 1.23. The Hall–Kier alpha value is -6.72. The molecule has 7 aromatic carbocycles. The SMILES string of the molecule is c1ccc(-c2nnc(-c3ccccc3)n2-c2ccc(-n3c4c5ccccc5ccc4c4ccc5c(ccn5-c5ccccc5)c43)cc2)cc1. The van der Waals surface area contributed by atoms with E-state index in [4.69, 9.17) is 10.2 Å². The van der Waals surface area contributed by atoms with Crippen molar-refractivity contribution in [2.75, 3.05) is 0 Å². The number of para-hydroxylation sites is 1. The number of hydrogen-bond donors (Lipinski definition) is 0. The highest BCUT2D eigenvalue weighted by atomic mass is 15.3. The van der Waals surface area contributed by atoms with E-state index in [1.807, 2.05) is 36.4 Å². The van der Waals surface area contributed by atoms with Crippen molar-refractivity contribution in [2.24, 2.45) is 0 Å². The van der Waals surface area contributed by atoms with E-state index < -0.39 is 0 Å². The van der Waals surface area contributed by atoms with E-state index in [1.165, 1.54) is 43.5 Å². The first-order chi connectivity index (χ1) is 24.3. The second-order valence-electron chi connectivity index (χ2n) is 12.4. The minimum atomic E-state index is 0.805. The summed E-state index contributed by atoms with van der Waals surface area (Å²) in [6, 6.07) is 59.9. The van der Waals surface area contributed by atoms with Crippen LogP contribution in [0.4, 0.5) is 0 Å². The maximum absolute atomic E-state index is 4.69. The smallest absolute Gasteiger partial charge is 0.168 e. The standard InChI is InChI=1S/C44H29N5/c1-4-13-31(14-5-1)43-45-46-44(32-15-6-2-7-16-32)49(43)35-23-21-34(22-24-35)48-41-36-19-11-10-12-30(36)20-25-37(41)38-26-27-40-39(42(38)48)28-29-47(40)33-17-8-3-9-18-33/h1-29H. The molecule has 0 saturated carbocycles. The maximum Gasteiger partial charge on any atom is 0.168 e. The third-order valence-electron chi connectivity index (χ3n) is 9.61. The van der Waals surface area contributed by atoms with Gasteiger partial charge in [-0.25, -0.2) is 0 Å². The molecule has 0 saturated heterocycles. The van der Waals surface area contributed by atoms with Gasteiger partial charge in [0.15, 0.2) is 11.6 Å². The second-order valence-corrected chi connectivity index (χ2v) is 12.4. The zero-order valence-electron chi connectivity index (χ0n) is 26.5. The molecule has 10 rings (SSSR count). The van der Waals surface area contributed by atoms with Gasteiger partial charge in [0.05, 0.1) is 16.6 Å². The van der Waals surface area contributed by atoms with Gasteiger partial charge in [-0.2, -0.15) is 0 Å². The molecular formula is C44H29N5. The van der Waals surface area contributed by atoms with Crippen molar-refractivity contribution in [2.45, 2.75) is 0 Å². The van der Waals surface area contributed by atoms with Crippen molar-refractivity contribution in [3.63, 3.8) is 0 Å². The first-order valence-electron chi connectivity index (χ1n) is 16.5. The minimum absolute atomic E-state index is 0.805. The fourth-order valence-electron chi connectivity index (χ4n) is 7.38. The summed E-state index contributed by atoms with van der Waals surface area (Å²) >= 11 is 0. The van der Waals surface area contributed by atoms with E-state index in [-0.39, 0.29) is 0 Å². The van der Waals surface area contributed by atoms with Crippen molar-refractivity contribution in [1.82, 2.24) is 23.9 Å².